The lowest BCUT2D eigenvalue weighted by Gasteiger charge is -2.20. The van der Waals surface area contributed by atoms with E-state index in [2.05, 4.69) is 10.3 Å². The van der Waals surface area contributed by atoms with E-state index in [0.717, 1.165) is 5.56 Å². The number of ketones is 1. The number of amides is 1. The number of carbonyl (C=O) groups is 2. The van der Waals surface area contributed by atoms with Crippen LogP contribution in [0.4, 0.5) is 0 Å². The molecule has 1 aliphatic heterocycles. The molecule has 0 spiro atoms. The predicted octanol–water partition coefficient (Wildman–Crippen LogP) is 2.95. The minimum absolute atomic E-state index is 0.0322. The number of nitrogens with one attached hydrogen (secondary N) is 1. The van der Waals surface area contributed by atoms with Crippen LogP contribution in [0, 0.1) is 0 Å². The molecule has 28 heavy (non-hydrogen) atoms. The smallest absolute Gasteiger partial charge is 0.251 e. The Morgan fingerprint density at radius 2 is 1.64 bits per heavy atom. The number of fused-ring (bicyclic) bond motifs is 2. The zero-order valence-electron chi connectivity index (χ0n) is 14.9. The van der Waals surface area contributed by atoms with Crippen LogP contribution >= 0.6 is 0 Å². The second kappa shape index (κ2) is 6.69. The fourth-order valence-electron chi connectivity index (χ4n) is 3.24. The van der Waals surface area contributed by atoms with Crippen LogP contribution in [0.1, 0.15) is 44.8 Å². The molecule has 2 heterocycles. The van der Waals surface area contributed by atoms with Gasteiger partial charge in [-0.2, -0.15) is 0 Å². The third-order valence-corrected chi connectivity index (χ3v) is 6.60. The number of sulfone groups is 1. The predicted molar refractivity (Wildman–Crippen MR) is 102 cm³/mol. The van der Waals surface area contributed by atoms with Gasteiger partial charge in [-0.1, -0.05) is 12.1 Å². The van der Waals surface area contributed by atoms with Gasteiger partial charge in [0.05, 0.1) is 15.8 Å². The van der Waals surface area contributed by atoms with Crippen molar-refractivity contribution in [2.45, 2.75) is 22.8 Å². The van der Waals surface area contributed by atoms with Gasteiger partial charge in [0.1, 0.15) is 0 Å². The van der Waals surface area contributed by atoms with Crippen LogP contribution in [0.5, 0.6) is 0 Å². The molecule has 1 amide bonds. The van der Waals surface area contributed by atoms with Crippen LogP contribution in [0.2, 0.25) is 0 Å². The molecule has 3 aromatic rings. The monoisotopic (exact) mass is 392 g/mol. The maximum absolute atomic E-state index is 13.0. The molecule has 2 aromatic carbocycles. The Balaban J connectivity index is 1.70. The molecule has 4 rings (SSSR count). The van der Waals surface area contributed by atoms with Gasteiger partial charge in [-0.15, -0.1) is 0 Å². The maximum atomic E-state index is 13.0. The first kappa shape index (κ1) is 18.1. The topological polar surface area (TPSA) is 93.2 Å². The van der Waals surface area contributed by atoms with Gasteiger partial charge in [0.15, 0.2) is 5.78 Å². The summed E-state index contributed by atoms with van der Waals surface area (Å²) in [5.74, 6) is -0.786. The number of benzene rings is 2. The zero-order chi connectivity index (χ0) is 19.9. The van der Waals surface area contributed by atoms with Crippen molar-refractivity contribution in [2.24, 2.45) is 0 Å². The van der Waals surface area contributed by atoms with Crippen molar-refractivity contribution in [1.82, 2.24) is 10.3 Å². The maximum Gasteiger partial charge on any atom is 0.251 e. The lowest BCUT2D eigenvalue weighted by Crippen LogP contribution is -2.27. The number of nitrogens with zero attached hydrogens (tertiary/aromatic N) is 1. The molecule has 1 N–H and O–H groups in total. The second-order valence-electron chi connectivity index (χ2n) is 6.52. The average Bonchev–Trinajstić information content (AvgIpc) is 2.72. The van der Waals surface area contributed by atoms with E-state index < -0.39 is 15.7 Å². The quantitative estimate of drug-likeness (QED) is 0.579. The SMILES string of the molecule is CC(NC(=O)c1ccc2c(c1)S(=O)(=O)c1ccccc1C2=O)c1ccncc1. The first-order chi connectivity index (χ1) is 13.4. The Morgan fingerprint density at radius 1 is 0.964 bits per heavy atom. The van der Waals surface area contributed by atoms with E-state index in [9.17, 15) is 18.0 Å². The lowest BCUT2D eigenvalue weighted by molar-refractivity contribution is 0.0938. The highest BCUT2D eigenvalue weighted by Gasteiger charge is 2.35. The van der Waals surface area contributed by atoms with Crippen molar-refractivity contribution < 1.29 is 18.0 Å². The summed E-state index contributed by atoms with van der Waals surface area (Å²) in [4.78, 5) is 29.1. The number of pyridine rings is 1. The molecule has 1 aromatic heterocycles. The molecule has 140 valence electrons. The molecule has 1 aliphatic rings. The largest absolute Gasteiger partial charge is 0.346 e. The standard InChI is InChI=1S/C21H16N2O4S/c1-13(14-8-10-22-11-9-14)23-21(25)15-6-7-17-19(12-15)28(26,27)18-5-3-2-4-16(18)20(17)24/h2-13H,1H3,(H,23,25). The number of aromatic nitrogens is 1. The highest BCUT2D eigenvalue weighted by atomic mass is 32.2. The fourth-order valence-corrected chi connectivity index (χ4v) is 4.92. The van der Waals surface area contributed by atoms with E-state index >= 15 is 0 Å². The second-order valence-corrected chi connectivity index (χ2v) is 8.40. The molecule has 0 radical (unpaired) electrons. The fraction of sp³-hybridized carbons (Fsp3) is 0.0952. The normalized spacial score (nSPS) is 15.2. The van der Waals surface area contributed by atoms with Crippen molar-refractivity contribution >= 4 is 21.5 Å². The van der Waals surface area contributed by atoms with Gasteiger partial charge in [0, 0.05) is 29.1 Å². The van der Waals surface area contributed by atoms with E-state index in [1.807, 2.05) is 6.92 Å². The molecular formula is C21H16N2O4S. The Hall–Kier alpha value is -3.32. The van der Waals surface area contributed by atoms with Crippen molar-refractivity contribution in [3.63, 3.8) is 0 Å². The van der Waals surface area contributed by atoms with Crippen LogP contribution < -0.4 is 5.32 Å². The van der Waals surface area contributed by atoms with Gasteiger partial charge < -0.3 is 5.32 Å². The summed E-state index contributed by atoms with van der Waals surface area (Å²) in [7, 11) is -3.88. The van der Waals surface area contributed by atoms with E-state index in [1.165, 1.54) is 30.3 Å². The van der Waals surface area contributed by atoms with Crippen molar-refractivity contribution in [1.29, 1.82) is 0 Å². The summed E-state index contributed by atoms with van der Waals surface area (Å²) >= 11 is 0. The van der Waals surface area contributed by atoms with Crippen LogP contribution in [0.15, 0.2) is 76.8 Å². The van der Waals surface area contributed by atoms with E-state index in [-0.39, 0.29) is 38.3 Å². The first-order valence-corrected chi connectivity index (χ1v) is 10.1. The summed E-state index contributed by atoms with van der Waals surface area (Å²) in [6.45, 7) is 1.82. The molecule has 6 nitrogen and oxygen atoms in total. The number of carbonyl (C=O) groups excluding carboxylic acids is 2. The highest BCUT2D eigenvalue weighted by molar-refractivity contribution is 7.91. The van der Waals surface area contributed by atoms with Gasteiger partial charge in [0.25, 0.3) is 5.91 Å². The highest BCUT2D eigenvalue weighted by Crippen LogP contribution is 2.34. The van der Waals surface area contributed by atoms with Crippen LogP contribution in [0.3, 0.4) is 0 Å². The van der Waals surface area contributed by atoms with E-state index in [0.29, 0.717) is 0 Å². The van der Waals surface area contributed by atoms with Gasteiger partial charge in [-0.25, -0.2) is 8.42 Å². The Bertz CT molecular complexity index is 1200. The molecule has 0 saturated carbocycles. The molecule has 0 fully saturated rings. The van der Waals surface area contributed by atoms with Gasteiger partial charge in [0.2, 0.25) is 9.84 Å². The Kier molecular flexibility index (Phi) is 4.31. The number of rotatable bonds is 3. The summed E-state index contributed by atoms with van der Waals surface area (Å²) in [6, 6.07) is 13.5. The van der Waals surface area contributed by atoms with E-state index in [1.54, 1.807) is 36.7 Å². The van der Waals surface area contributed by atoms with Crippen molar-refractivity contribution in [2.75, 3.05) is 0 Å². The minimum Gasteiger partial charge on any atom is -0.346 e. The summed E-state index contributed by atoms with van der Waals surface area (Å²) in [5.41, 5.74) is 1.28. The molecule has 0 bridgehead atoms. The van der Waals surface area contributed by atoms with Crippen molar-refractivity contribution in [3.8, 4) is 0 Å². The third-order valence-electron chi connectivity index (χ3n) is 4.75. The Morgan fingerprint density at radius 3 is 2.39 bits per heavy atom. The molecule has 0 saturated heterocycles. The number of hydrogen-bond donors (Lipinski definition) is 1. The molecule has 1 unspecified atom stereocenters. The summed E-state index contributed by atoms with van der Waals surface area (Å²) in [6.07, 6.45) is 3.26. The molecule has 0 aliphatic carbocycles. The Labute approximate surface area is 162 Å². The summed E-state index contributed by atoms with van der Waals surface area (Å²) in [5, 5.41) is 2.83. The van der Waals surface area contributed by atoms with Gasteiger partial charge in [-0.05, 0) is 55.0 Å². The van der Waals surface area contributed by atoms with Crippen LogP contribution in [-0.2, 0) is 9.84 Å². The third kappa shape index (κ3) is 2.90. The van der Waals surface area contributed by atoms with Gasteiger partial charge in [-0.3, -0.25) is 14.6 Å². The summed E-state index contributed by atoms with van der Waals surface area (Å²) < 4.78 is 25.9. The molecule has 7 heteroatoms. The van der Waals surface area contributed by atoms with Crippen LogP contribution in [0.25, 0.3) is 0 Å². The van der Waals surface area contributed by atoms with Crippen LogP contribution in [-0.4, -0.2) is 25.1 Å². The molecule has 1 atom stereocenters. The minimum atomic E-state index is -3.88. The van der Waals surface area contributed by atoms with Gasteiger partial charge >= 0.3 is 0 Å². The van der Waals surface area contributed by atoms with Crippen molar-refractivity contribution in [3.05, 3.63) is 89.2 Å². The zero-order valence-corrected chi connectivity index (χ0v) is 15.7. The lowest BCUT2D eigenvalue weighted by atomic mass is 10.0. The number of hydrogen-bond acceptors (Lipinski definition) is 5. The van der Waals surface area contributed by atoms with E-state index in [4.69, 9.17) is 0 Å². The first-order valence-electron chi connectivity index (χ1n) is 8.63. The molecular weight excluding hydrogens is 376 g/mol. The average molecular weight is 392 g/mol.